The zero-order chi connectivity index (χ0) is 11.6. The van der Waals surface area contributed by atoms with Crippen molar-refractivity contribution in [1.29, 1.82) is 0 Å². The molecule has 2 saturated heterocycles. The highest BCUT2D eigenvalue weighted by Gasteiger charge is 2.31. The van der Waals surface area contributed by atoms with Crippen LogP contribution in [0.1, 0.15) is 39.5 Å². The largest absolute Gasteiger partial charge is 0.381 e. The molecule has 0 aromatic rings. The zero-order valence-corrected chi connectivity index (χ0v) is 10.5. The summed E-state index contributed by atoms with van der Waals surface area (Å²) in [6.45, 7) is 8.00. The Labute approximate surface area is 98.1 Å². The highest BCUT2D eigenvalue weighted by Crippen LogP contribution is 2.31. The van der Waals surface area contributed by atoms with Gasteiger partial charge in [0, 0.05) is 32.2 Å². The van der Waals surface area contributed by atoms with Gasteiger partial charge in [-0.15, -0.1) is 0 Å². The Morgan fingerprint density at radius 3 is 2.31 bits per heavy atom. The quantitative estimate of drug-likeness (QED) is 0.683. The van der Waals surface area contributed by atoms with Crippen molar-refractivity contribution in [2.75, 3.05) is 26.3 Å². The van der Waals surface area contributed by atoms with Crippen molar-refractivity contribution in [3.63, 3.8) is 0 Å². The van der Waals surface area contributed by atoms with Gasteiger partial charge < -0.3 is 9.64 Å². The summed E-state index contributed by atoms with van der Waals surface area (Å²) in [5, 5.41) is 0. The Balaban J connectivity index is 1.86. The van der Waals surface area contributed by atoms with Gasteiger partial charge in [-0.05, 0) is 31.1 Å². The van der Waals surface area contributed by atoms with Crippen molar-refractivity contribution in [2.45, 2.75) is 39.5 Å². The molecule has 0 N–H and O–H groups in total. The van der Waals surface area contributed by atoms with Crippen LogP contribution in [-0.2, 0) is 9.53 Å². The minimum Gasteiger partial charge on any atom is -0.381 e. The molecular formula is C13H23NO2. The normalized spacial score (nSPS) is 26.8. The Bertz CT molecular complexity index is 247. The molecule has 2 aliphatic heterocycles. The van der Waals surface area contributed by atoms with Crippen molar-refractivity contribution in [2.24, 2.45) is 11.3 Å². The van der Waals surface area contributed by atoms with E-state index in [1.54, 1.807) is 0 Å². The molecule has 0 aromatic heterocycles. The van der Waals surface area contributed by atoms with E-state index in [9.17, 15) is 4.79 Å². The van der Waals surface area contributed by atoms with E-state index in [0.29, 0.717) is 11.3 Å². The topological polar surface area (TPSA) is 29.5 Å². The van der Waals surface area contributed by atoms with Crippen molar-refractivity contribution >= 4 is 5.91 Å². The van der Waals surface area contributed by atoms with Gasteiger partial charge in [0.1, 0.15) is 0 Å². The third-order valence-corrected chi connectivity index (χ3v) is 4.00. The summed E-state index contributed by atoms with van der Waals surface area (Å²) in [4.78, 5) is 14.3. The molecule has 2 heterocycles. The van der Waals surface area contributed by atoms with Crippen LogP contribution in [0.3, 0.4) is 0 Å². The number of ether oxygens (including phenoxy) is 1. The molecule has 3 nitrogen and oxygen atoms in total. The van der Waals surface area contributed by atoms with Crippen LogP contribution >= 0.6 is 0 Å². The van der Waals surface area contributed by atoms with E-state index in [2.05, 4.69) is 18.7 Å². The van der Waals surface area contributed by atoms with E-state index in [4.69, 9.17) is 4.74 Å². The Morgan fingerprint density at radius 2 is 1.75 bits per heavy atom. The maximum atomic E-state index is 12.2. The Kier molecular flexibility index (Phi) is 3.53. The number of carbonyl (C=O) groups is 1. The van der Waals surface area contributed by atoms with Gasteiger partial charge >= 0.3 is 0 Å². The molecule has 16 heavy (non-hydrogen) atoms. The maximum absolute atomic E-state index is 12.2. The van der Waals surface area contributed by atoms with Gasteiger partial charge in [-0.3, -0.25) is 4.79 Å². The summed E-state index contributed by atoms with van der Waals surface area (Å²) < 4.78 is 5.30. The molecule has 0 spiro atoms. The number of likely N-dealkylation sites (tertiary alicyclic amines) is 1. The van der Waals surface area contributed by atoms with Gasteiger partial charge in [0.15, 0.2) is 0 Å². The van der Waals surface area contributed by atoms with E-state index >= 15 is 0 Å². The Hall–Kier alpha value is -0.570. The molecule has 0 bridgehead atoms. The van der Waals surface area contributed by atoms with Crippen LogP contribution in [0.15, 0.2) is 0 Å². The summed E-state index contributed by atoms with van der Waals surface area (Å²) in [5.74, 6) is 0.605. The molecule has 0 unspecified atom stereocenters. The first-order valence-corrected chi connectivity index (χ1v) is 6.45. The average molecular weight is 225 g/mol. The van der Waals surface area contributed by atoms with Gasteiger partial charge in [-0.25, -0.2) is 0 Å². The fourth-order valence-electron chi connectivity index (χ4n) is 2.54. The lowest BCUT2D eigenvalue weighted by Gasteiger charge is -2.38. The fraction of sp³-hybridized carbons (Fsp3) is 0.923. The Morgan fingerprint density at radius 1 is 1.19 bits per heavy atom. The maximum Gasteiger partial charge on any atom is 0.225 e. The lowest BCUT2D eigenvalue weighted by Crippen LogP contribution is -2.44. The summed E-state index contributed by atoms with van der Waals surface area (Å²) in [7, 11) is 0. The predicted molar refractivity (Wildman–Crippen MR) is 63.1 cm³/mol. The third-order valence-electron chi connectivity index (χ3n) is 4.00. The molecule has 1 amide bonds. The lowest BCUT2D eigenvalue weighted by atomic mass is 9.82. The summed E-state index contributed by atoms with van der Waals surface area (Å²) in [5.41, 5.74) is 0.423. The lowest BCUT2D eigenvalue weighted by molar-refractivity contribution is -0.140. The van der Waals surface area contributed by atoms with E-state index in [1.165, 1.54) is 0 Å². The van der Waals surface area contributed by atoms with Crippen LogP contribution < -0.4 is 0 Å². The first kappa shape index (κ1) is 11.9. The molecule has 2 rings (SSSR count). The van der Waals surface area contributed by atoms with Gasteiger partial charge in [0.05, 0.1) is 0 Å². The minimum atomic E-state index is 0.231. The average Bonchev–Trinajstić information content (AvgIpc) is 2.29. The smallest absolute Gasteiger partial charge is 0.225 e. The summed E-state index contributed by atoms with van der Waals surface area (Å²) >= 11 is 0. The number of rotatable bonds is 1. The van der Waals surface area contributed by atoms with Gasteiger partial charge in [-0.1, -0.05) is 13.8 Å². The van der Waals surface area contributed by atoms with Crippen LogP contribution in [0, 0.1) is 11.3 Å². The van der Waals surface area contributed by atoms with Crippen molar-refractivity contribution in [3.05, 3.63) is 0 Å². The first-order valence-electron chi connectivity index (χ1n) is 6.45. The molecule has 0 atom stereocenters. The van der Waals surface area contributed by atoms with Crippen molar-refractivity contribution in [3.8, 4) is 0 Å². The minimum absolute atomic E-state index is 0.231. The van der Waals surface area contributed by atoms with E-state index in [-0.39, 0.29) is 5.92 Å². The van der Waals surface area contributed by atoms with Crippen LogP contribution in [0.5, 0.6) is 0 Å². The third kappa shape index (κ3) is 2.76. The van der Waals surface area contributed by atoms with Crippen LogP contribution in [-0.4, -0.2) is 37.1 Å². The van der Waals surface area contributed by atoms with Gasteiger partial charge in [0.25, 0.3) is 0 Å². The van der Waals surface area contributed by atoms with Gasteiger partial charge in [-0.2, -0.15) is 0 Å². The van der Waals surface area contributed by atoms with E-state index in [1.807, 2.05) is 0 Å². The number of amides is 1. The predicted octanol–water partition coefficient (Wildman–Crippen LogP) is 2.06. The second kappa shape index (κ2) is 4.74. The zero-order valence-electron chi connectivity index (χ0n) is 10.5. The number of carbonyl (C=O) groups excluding carboxylic acids is 1. The van der Waals surface area contributed by atoms with Gasteiger partial charge in [0.2, 0.25) is 5.91 Å². The SMILES string of the molecule is CC1(C)CCN(C(=O)C2CCOCC2)CC1. The standard InChI is InChI=1S/C13H23NO2/c1-13(2)5-7-14(8-6-13)12(15)11-3-9-16-10-4-11/h11H,3-10H2,1-2H3. The van der Waals surface area contributed by atoms with Crippen molar-refractivity contribution < 1.29 is 9.53 Å². The summed E-state index contributed by atoms with van der Waals surface area (Å²) in [6, 6.07) is 0. The number of hydrogen-bond donors (Lipinski definition) is 0. The van der Waals surface area contributed by atoms with Crippen LogP contribution in [0.2, 0.25) is 0 Å². The van der Waals surface area contributed by atoms with Crippen LogP contribution in [0.25, 0.3) is 0 Å². The molecule has 92 valence electrons. The number of piperidine rings is 1. The molecule has 0 aromatic carbocycles. The van der Waals surface area contributed by atoms with E-state index < -0.39 is 0 Å². The fourth-order valence-corrected chi connectivity index (χ4v) is 2.54. The number of hydrogen-bond acceptors (Lipinski definition) is 2. The molecule has 0 radical (unpaired) electrons. The van der Waals surface area contributed by atoms with E-state index in [0.717, 1.165) is 52.0 Å². The first-order chi connectivity index (χ1) is 7.58. The van der Waals surface area contributed by atoms with Crippen LogP contribution in [0.4, 0.5) is 0 Å². The number of nitrogens with zero attached hydrogens (tertiary/aromatic N) is 1. The highest BCUT2D eigenvalue weighted by atomic mass is 16.5. The molecule has 2 aliphatic rings. The molecule has 3 heteroatoms. The molecule has 0 aliphatic carbocycles. The second-order valence-corrected chi connectivity index (χ2v) is 5.88. The molecular weight excluding hydrogens is 202 g/mol. The molecule has 2 fully saturated rings. The summed E-state index contributed by atoms with van der Waals surface area (Å²) in [6.07, 6.45) is 4.11. The highest BCUT2D eigenvalue weighted by molar-refractivity contribution is 5.79. The second-order valence-electron chi connectivity index (χ2n) is 5.88. The van der Waals surface area contributed by atoms with Crippen molar-refractivity contribution in [1.82, 2.24) is 4.90 Å². The monoisotopic (exact) mass is 225 g/mol. The molecule has 0 saturated carbocycles.